The molecule has 1 saturated heterocycles. The summed E-state index contributed by atoms with van der Waals surface area (Å²) in [5.41, 5.74) is 1.52. The second-order valence-corrected chi connectivity index (χ2v) is 8.29. The molecule has 2 aromatic rings. The molecular formula is C18H23ClN3O2S+. The summed E-state index contributed by atoms with van der Waals surface area (Å²) in [5.74, 6) is 0. The Balaban J connectivity index is 1.84. The van der Waals surface area contributed by atoms with Crippen molar-refractivity contribution in [2.45, 2.75) is 11.8 Å². The summed E-state index contributed by atoms with van der Waals surface area (Å²) < 4.78 is 28.1. The number of likely N-dealkylation sites (N-methyl/N-ethyl adjacent to an activating group) is 1. The number of sulfonamides is 1. The van der Waals surface area contributed by atoms with Crippen LogP contribution in [0.2, 0.25) is 5.02 Å². The van der Waals surface area contributed by atoms with Crippen molar-refractivity contribution in [3.63, 3.8) is 0 Å². The van der Waals surface area contributed by atoms with Gasteiger partial charge >= 0.3 is 0 Å². The van der Waals surface area contributed by atoms with Gasteiger partial charge in [0.1, 0.15) is 0 Å². The number of hydrogen-bond acceptors (Lipinski definition) is 3. The maximum absolute atomic E-state index is 12.7. The topological polar surface area (TPSA) is 53.9 Å². The standard InChI is InChI=1S/C18H22ClN3O2S/c1-2-21-10-12-22(13-11-21)18-9-4-3-8-17(18)20-25(23,24)16-7-5-6-15(19)14-16/h3-9,14,20H,2,10-13H2,1H3/p+1. The largest absolute Gasteiger partial charge is 0.359 e. The van der Waals surface area contributed by atoms with Gasteiger partial charge in [-0.05, 0) is 37.3 Å². The van der Waals surface area contributed by atoms with Crippen LogP contribution >= 0.6 is 11.6 Å². The number of rotatable bonds is 5. The molecule has 1 fully saturated rings. The highest BCUT2D eigenvalue weighted by Crippen LogP contribution is 2.28. The van der Waals surface area contributed by atoms with E-state index in [0.29, 0.717) is 10.7 Å². The molecule has 1 heterocycles. The third-order valence-corrected chi connectivity index (χ3v) is 6.16. The lowest BCUT2D eigenvalue weighted by atomic mass is 10.2. The van der Waals surface area contributed by atoms with E-state index in [1.54, 1.807) is 29.2 Å². The van der Waals surface area contributed by atoms with Gasteiger partial charge in [-0.2, -0.15) is 0 Å². The van der Waals surface area contributed by atoms with Crippen LogP contribution in [0.25, 0.3) is 0 Å². The van der Waals surface area contributed by atoms with Crippen molar-refractivity contribution in [3.8, 4) is 0 Å². The minimum Gasteiger partial charge on any atom is -0.359 e. The first kappa shape index (κ1) is 18.0. The van der Waals surface area contributed by atoms with Crippen molar-refractivity contribution in [3.05, 3.63) is 53.6 Å². The molecule has 3 rings (SSSR count). The van der Waals surface area contributed by atoms with Crippen LogP contribution in [0.1, 0.15) is 6.92 Å². The molecule has 0 aromatic heterocycles. The third kappa shape index (κ3) is 4.26. The molecule has 1 aliphatic rings. The first-order chi connectivity index (χ1) is 12.0. The number of anilines is 2. The minimum atomic E-state index is -3.68. The zero-order chi connectivity index (χ0) is 17.9. The van der Waals surface area contributed by atoms with Crippen molar-refractivity contribution in [2.24, 2.45) is 0 Å². The number of halogens is 1. The highest BCUT2D eigenvalue weighted by Gasteiger charge is 2.22. The van der Waals surface area contributed by atoms with Crippen LogP contribution in [0.4, 0.5) is 11.4 Å². The first-order valence-electron chi connectivity index (χ1n) is 8.45. The van der Waals surface area contributed by atoms with Crippen molar-refractivity contribution in [1.29, 1.82) is 0 Å². The third-order valence-electron chi connectivity index (χ3n) is 4.57. The van der Waals surface area contributed by atoms with E-state index in [2.05, 4.69) is 16.5 Å². The van der Waals surface area contributed by atoms with Crippen molar-refractivity contribution in [2.75, 3.05) is 42.3 Å². The fourth-order valence-electron chi connectivity index (χ4n) is 3.09. The monoisotopic (exact) mass is 380 g/mol. The lowest BCUT2D eigenvalue weighted by Gasteiger charge is -2.34. The first-order valence-corrected chi connectivity index (χ1v) is 10.3. The number of nitrogens with zero attached hydrogens (tertiary/aromatic N) is 1. The van der Waals surface area contributed by atoms with Gasteiger partial charge in [0.25, 0.3) is 10.0 Å². The normalized spacial score (nSPS) is 16.0. The molecule has 0 atom stereocenters. The van der Waals surface area contributed by atoms with Gasteiger partial charge in [0.05, 0.1) is 49.0 Å². The fourth-order valence-corrected chi connectivity index (χ4v) is 4.47. The second-order valence-electron chi connectivity index (χ2n) is 6.17. The molecule has 2 aromatic carbocycles. The Hall–Kier alpha value is -1.76. The second kappa shape index (κ2) is 7.64. The average Bonchev–Trinajstić information content (AvgIpc) is 2.62. The Kier molecular flexibility index (Phi) is 5.51. The molecule has 134 valence electrons. The summed E-state index contributed by atoms with van der Waals surface area (Å²) in [6.45, 7) is 7.27. The highest BCUT2D eigenvalue weighted by molar-refractivity contribution is 7.92. The number of benzene rings is 2. The fraction of sp³-hybridized carbons (Fsp3) is 0.333. The number of quaternary nitrogens is 1. The molecular weight excluding hydrogens is 358 g/mol. The van der Waals surface area contributed by atoms with E-state index in [4.69, 9.17) is 11.6 Å². The van der Waals surface area contributed by atoms with Crippen LogP contribution in [0.5, 0.6) is 0 Å². The Morgan fingerprint density at radius 3 is 2.52 bits per heavy atom. The summed E-state index contributed by atoms with van der Waals surface area (Å²) in [6.07, 6.45) is 0. The van der Waals surface area contributed by atoms with E-state index in [9.17, 15) is 8.42 Å². The molecule has 7 heteroatoms. The predicted molar refractivity (Wildman–Crippen MR) is 102 cm³/mol. The van der Waals surface area contributed by atoms with Crippen LogP contribution in [-0.4, -0.2) is 41.1 Å². The van der Waals surface area contributed by atoms with Gasteiger partial charge < -0.3 is 9.80 Å². The Bertz CT molecular complexity index is 834. The van der Waals surface area contributed by atoms with E-state index in [1.165, 1.54) is 6.07 Å². The number of hydrogen-bond donors (Lipinski definition) is 2. The molecule has 5 nitrogen and oxygen atoms in total. The maximum atomic E-state index is 12.7. The zero-order valence-corrected chi connectivity index (χ0v) is 15.8. The van der Waals surface area contributed by atoms with Gasteiger partial charge in [-0.3, -0.25) is 4.72 Å². The summed E-state index contributed by atoms with van der Waals surface area (Å²) in [7, 11) is -3.68. The molecule has 0 radical (unpaired) electrons. The minimum absolute atomic E-state index is 0.162. The van der Waals surface area contributed by atoms with Crippen molar-refractivity contribution in [1.82, 2.24) is 0 Å². The van der Waals surface area contributed by atoms with Crippen molar-refractivity contribution >= 4 is 33.0 Å². The van der Waals surface area contributed by atoms with Crippen LogP contribution in [0, 0.1) is 0 Å². The van der Waals surface area contributed by atoms with Gasteiger partial charge in [-0.25, -0.2) is 8.42 Å². The molecule has 0 aliphatic carbocycles. The van der Waals surface area contributed by atoms with E-state index >= 15 is 0 Å². The number of para-hydroxylation sites is 2. The summed E-state index contributed by atoms with van der Waals surface area (Å²) in [5, 5.41) is 0.398. The molecule has 25 heavy (non-hydrogen) atoms. The molecule has 0 saturated carbocycles. The quantitative estimate of drug-likeness (QED) is 0.832. The van der Waals surface area contributed by atoms with Crippen molar-refractivity contribution < 1.29 is 13.3 Å². The molecule has 0 bridgehead atoms. The van der Waals surface area contributed by atoms with E-state index in [-0.39, 0.29) is 4.90 Å². The van der Waals surface area contributed by atoms with Gasteiger partial charge in [-0.15, -0.1) is 0 Å². The SMILES string of the molecule is CC[NH+]1CCN(c2ccccc2NS(=O)(=O)c2cccc(Cl)c2)CC1. The summed E-state index contributed by atoms with van der Waals surface area (Å²) in [6, 6.07) is 13.8. The Morgan fingerprint density at radius 1 is 1.12 bits per heavy atom. The van der Waals surface area contributed by atoms with Crippen LogP contribution in [-0.2, 0) is 10.0 Å². The van der Waals surface area contributed by atoms with Gasteiger partial charge in [0.15, 0.2) is 0 Å². The maximum Gasteiger partial charge on any atom is 0.262 e. The molecule has 0 amide bonds. The van der Waals surface area contributed by atoms with Gasteiger partial charge in [0.2, 0.25) is 0 Å². The zero-order valence-electron chi connectivity index (χ0n) is 14.2. The van der Waals surface area contributed by atoms with Crippen LogP contribution in [0.3, 0.4) is 0 Å². The summed E-state index contributed by atoms with van der Waals surface area (Å²) in [4.78, 5) is 3.98. The highest BCUT2D eigenvalue weighted by atomic mass is 35.5. The Labute approximate surface area is 154 Å². The van der Waals surface area contributed by atoms with Gasteiger partial charge in [-0.1, -0.05) is 29.8 Å². The number of piperazine rings is 1. The average molecular weight is 381 g/mol. The van der Waals surface area contributed by atoms with E-state index < -0.39 is 10.0 Å². The van der Waals surface area contributed by atoms with Crippen LogP contribution in [0.15, 0.2) is 53.4 Å². The molecule has 0 spiro atoms. The molecule has 1 aliphatic heterocycles. The number of nitrogens with one attached hydrogen (secondary N) is 2. The Morgan fingerprint density at radius 2 is 1.84 bits per heavy atom. The molecule has 0 unspecified atom stereocenters. The van der Waals surface area contributed by atoms with Crippen LogP contribution < -0.4 is 14.5 Å². The smallest absolute Gasteiger partial charge is 0.262 e. The molecule has 2 N–H and O–H groups in total. The lowest BCUT2D eigenvalue weighted by Crippen LogP contribution is -3.14. The lowest BCUT2D eigenvalue weighted by molar-refractivity contribution is -0.898. The van der Waals surface area contributed by atoms with Gasteiger partial charge in [0, 0.05) is 5.02 Å². The predicted octanol–water partition coefficient (Wildman–Crippen LogP) is 1.87. The summed E-state index contributed by atoms with van der Waals surface area (Å²) >= 11 is 5.93. The van der Waals surface area contributed by atoms with E-state index in [0.717, 1.165) is 38.4 Å². The van der Waals surface area contributed by atoms with E-state index in [1.807, 2.05) is 18.2 Å².